The van der Waals surface area contributed by atoms with E-state index in [2.05, 4.69) is 10.5 Å². The SMILES string of the molecule is Cc1cn[c-]s1.[Y]. The quantitative estimate of drug-likeness (QED) is 0.557. The first-order chi connectivity index (χ1) is 2.89. The maximum Gasteiger partial charge on any atom is 0 e. The standard InChI is InChI=1S/C4H4NS.Y/c1-4-2-5-3-6-4;/h2H,1H3;/q-1;. The summed E-state index contributed by atoms with van der Waals surface area (Å²) in [5.41, 5.74) is 2.72. The van der Waals surface area contributed by atoms with Crippen LogP contribution in [0.5, 0.6) is 0 Å². The molecule has 0 bridgehead atoms. The van der Waals surface area contributed by atoms with Gasteiger partial charge in [0.05, 0.1) is 0 Å². The molecule has 0 saturated carbocycles. The molecule has 0 aliphatic rings. The van der Waals surface area contributed by atoms with Crippen LogP contribution in [0, 0.1) is 12.4 Å². The summed E-state index contributed by atoms with van der Waals surface area (Å²) in [4.78, 5) is 4.93. The van der Waals surface area contributed by atoms with Crippen molar-refractivity contribution in [2.45, 2.75) is 6.92 Å². The average molecular weight is 187 g/mol. The molecule has 1 aromatic heterocycles. The van der Waals surface area contributed by atoms with Gasteiger partial charge in [0.1, 0.15) is 0 Å². The largest absolute Gasteiger partial charge is 0.394 e. The van der Waals surface area contributed by atoms with E-state index in [-0.39, 0.29) is 32.7 Å². The Labute approximate surface area is 72.0 Å². The van der Waals surface area contributed by atoms with Crippen molar-refractivity contribution in [3.05, 3.63) is 16.6 Å². The van der Waals surface area contributed by atoms with E-state index in [4.69, 9.17) is 0 Å². The van der Waals surface area contributed by atoms with Gasteiger partial charge in [-0.25, -0.2) is 0 Å². The molecular formula is C4H4NSY-. The first-order valence-corrected chi connectivity index (χ1v) is 2.50. The second-order valence-corrected chi connectivity index (χ2v) is 2.09. The number of thiazole rings is 1. The topological polar surface area (TPSA) is 12.9 Å². The molecule has 0 unspecified atom stereocenters. The summed E-state index contributed by atoms with van der Waals surface area (Å²) in [5.74, 6) is 0. The number of aryl methyl sites for hydroxylation is 1. The maximum atomic E-state index is 3.72. The molecule has 1 nitrogen and oxygen atoms in total. The molecular weight excluding hydrogens is 183 g/mol. The average Bonchev–Trinajstić information content (AvgIpc) is 1.86. The first kappa shape index (κ1) is 7.73. The van der Waals surface area contributed by atoms with Crippen molar-refractivity contribution >= 4 is 11.3 Å². The summed E-state index contributed by atoms with van der Waals surface area (Å²) in [7, 11) is 0. The van der Waals surface area contributed by atoms with E-state index in [1.807, 2.05) is 6.92 Å². The van der Waals surface area contributed by atoms with E-state index in [1.165, 1.54) is 4.88 Å². The van der Waals surface area contributed by atoms with Gasteiger partial charge < -0.3 is 4.98 Å². The summed E-state index contributed by atoms with van der Waals surface area (Å²) < 4.78 is 0. The van der Waals surface area contributed by atoms with Gasteiger partial charge in [-0.3, -0.25) is 11.3 Å². The number of hydrogen-bond donors (Lipinski definition) is 0. The van der Waals surface area contributed by atoms with E-state index in [0.29, 0.717) is 0 Å². The Balaban J connectivity index is 0.000000360. The molecule has 0 saturated heterocycles. The Morgan fingerprint density at radius 1 is 1.86 bits per heavy atom. The van der Waals surface area contributed by atoms with Gasteiger partial charge >= 0.3 is 0 Å². The summed E-state index contributed by atoms with van der Waals surface area (Å²) in [6.45, 7) is 2.01. The fourth-order valence-corrected chi connectivity index (χ4v) is 0.597. The summed E-state index contributed by atoms with van der Waals surface area (Å²) in [6.07, 6.45) is 1.80. The van der Waals surface area contributed by atoms with Crippen molar-refractivity contribution in [2.75, 3.05) is 0 Å². The van der Waals surface area contributed by atoms with E-state index in [0.717, 1.165) is 0 Å². The predicted molar refractivity (Wildman–Crippen MR) is 25.7 cm³/mol. The third-order valence-electron chi connectivity index (χ3n) is 0.506. The molecule has 0 N–H and O–H groups in total. The van der Waals surface area contributed by atoms with Gasteiger partial charge in [0.15, 0.2) is 0 Å². The van der Waals surface area contributed by atoms with Gasteiger partial charge in [-0.15, -0.1) is 11.1 Å². The Morgan fingerprint density at radius 3 is 2.71 bits per heavy atom. The minimum Gasteiger partial charge on any atom is -0.394 e. The van der Waals surface area contributed by atoms with Gasteiger partial charge in [-0.1, -0.05) is 6.92 Å². The Bertz CT molecular complexity index is 115. The smallest absolute Gasteiger partial charge is 0 e. The molecule has 0 atom stereocenters. The van der Waals surface area contributed by atoms with Crippen LogP contribution in [0.1, 0.15) is 4.88 Å². The van der Waals surface area contributed by atoms with E-state index >= 15 is 0 Å². The maximum absolute atomic E-state index is 3.72. The zero-order valence-corrected chi connectivity index (χ0v) is 7.66. The monoisotopic (exact) mass is 187 g/mol. The molecule has 0 fully saturated rings. The van der Waals surface area contributed by atoms with Gasteiger partial charge in [0.25, 0.3) is 0 Å². The van der Waals surface area contributed by atoms with Gasteiger partial charge in [0.2, 0.25) is 0 Å². The zero-order valence-electron chi connectivity index (χ0n) is 4.01. The summed E-state index contributed by atoms with van der Waals surface area (Å²) in [6, 6.07) is 0. The van der Waals surface area contributed by atoms with E-state index in [1.54, 1.807) is 17.5 Å². The normalized spacial score (nSPS) is 7.57. The van der Waals surface area contributed by atoms with E-state index < -0.39 is 0 Å². The molecule has 7 heavy (non-hydrogen) atoms. The zero-order chi connectivity index (χ0) is 4.41. The number of rotatable bonds is 0. The van der Waals surface area contributed by atoms with Crippen molar-refractivity contribution in [3.63, 3.8) is 0 Å². The molecule has 1 radical (unpaired) electrons. The predicted octanol–water partition coefficient (Wildman–Crippen LogP) is 1.25. The van der Waals surface area contributed by atoms with Gasteiger partial charge in [-0.05, 0) is 5.51 Å². The Hall–Kier alpha value is 0.734. The van der Waals surface area contributed by atoms with Crippen LogP contribution in [-0.2, 0) is 32.7 Å². The molecule has 0 aromatic carbocycles. The Kier molecular flexibility index (Phi) is 4.09. The third kappa shape index (κ3) is 2.52. The van der Waals surface area contributed by atoms with Crippen LogP contribution in [0.2, 0.25) is 0 Å². The molecule has 0 spiro atoms. The Morgan fingerprint density at radius 2 is 2.57 bits per heavy atom. The van der Waals surface area contributed by atoms with Crippen LogP contribution in [-0.4, -0.2) is 4.98 Å². The van der Waals surface area contributed by atoms with Crippen LogP contribution in [0.15, 0.2) is 6.20 Å². The molecule has 0 amide bonds. The van der Waals surface area contributed by atoms with Crippen LogP contribution in [0.3, 0.4) is 0 Å². The minimum atomic E-state index is 0. The number of aromatic nitrogens is 1. The van der Waals surface area contributed by atoms with Gasteiger partial charge in [0, 0.05) is 32.7 Å². The van der Waals surface area contributed by atoms with Crippen LogP contribution >= 0.6 is 11.3 Å². The minimum absolute atomic E-state index is 0. The first-order valence-electron chi connectivity index (χ1n) is 1.68. The van der Waals surface area contributed by atoms with Crippen LogP contribution in [0.25, 0.3) is 0 Å². The fraction of sp³-hybridized carbons (Fsp3) is 0.250. The van der Waals surface area contributed by atoms with Crippen molar-refractivity contribution in [1.29, 1.82) is 0 Å². The van der Waals surface area contributed by atoms with Crippen molar-refractivity contribution < 1.29 is 32.7 Å². The molecule has 1 heterocycles. The van der Waals surface area contributed by atoms with Gasteiger partial charge in [-0.2, -0.15) is 0 Å². The second kappa shape index (κ2) is 3.70. The van der Waals surface area contributed by atoms with Crippen LogP contribution < -0.4 is 0 Å². The molecule has 3 heteroatoms. The van der Waals surface area contributed by atoms with Crippen molar-refractivity contribution in [2.24, 2.45) is 0 Å². The number of nitrogens with zero attached hydrogens (tertiary/aromatic N) is 1. The molecule has 0 aliphatic heterocycles. The summed E-state index contributed by atoms with van der Waals surface area (Å²) in [5, 5.41) is 0. The van der Waals surface area contributed by atoms with E-state index in [9.17, 15) is 0 Å². The molecule has 0 aliphatic carbocycles. The third-order valence-corrected chi connectivity index (χ3v) is 1.13. The van der Waals surface area contributed by atoms with Crippen LogP contribution in [0.4, 0.5) is 0 Å². The summed E-state index contributed by atoms with van der Waals surface area (Å²) >= 11 is 1.54. The molecule has 1 rings (SSSR count). The molecule has 35 valence electrons. The number of hydrogen-bond acceptors (Lipinski definition) is 2. The molecule has 1 aromatic rings. The second-order valence-electron chi connectivity index (χ2n) is 1.06. The van der Waals surface area contributed by atoms with Crippen molar-refractivity contribution in [1.82, 2.24) is 4.98 Å². The fourth-order valence-electron chi connectivity index (χ4n) is 0.242. The van der Waals surface area contributed by atoms with Crippen molar-refractivity contribution in [3.8, 4) is 0 Å².